The molecule has 0 radical (unpaired) electrons. The van der Waals surface area contributed by atoms with Crippen molar-refractivity contribution >= 4 is 5.97 Å². The molecule has 100 valence electrons. The molecule has 0 amide bonds. The summed E-state index contributed by atoms with van der Waals surface area (Å²) in [4.78, 5) is 10.6. The van der Waals surface area contributed by atoms with Gasteiger partial charge in [0, 0.05) is 12.1 Å². The van der Waals surface area contributed by atoms with Gasteiger partial charge in [0.15, 0.2) is 11.5 Å². The van der Waals surface area contributed by atoms with E-state index in [1.165, 1.54) is 6.07 Å². The van der Waals surface area contributed by atoms with Crippen molar-refractivity contribution in [3.8, 4) is 0 Å². The summed E-state index contributed by atoms with van der Waals surface area (Å²) >= 11 is 0. The molecule has 0 saturated heterocycles. The Hall–Kier alpha value is -1.40. The lowest BCUT2D eigenvalue weighted by molar-refractivity contribution is 0.0685. The second-order valence-electron chi connectivity index (χ2n) is 4.68. The highest BCUT2D eigenvalue weighted by Gasteiger charge is 2.21. The van der Waals surface area contributed by atoms with Crippen LogP contribution in [0.1, 0.15) is 48.4 Å². The van der Waals surface area contributed by atoms with Crippen molar-refractivity contribution in [1.29, 1.82) is 0 Å². The van der Waals surface area contributed by atoms with E-state index in [1.807, 2.05) is 0 Å². The van der Waals surface area contributed by atoms with E-state index in [0.29, 0.717) is 12.3 Å². The van der Waals surface area contributed by atoms with Gasteiger partial charge in [-0.2, -0.15) is 0 Å². The number of aliphatic hydroxyl groups excluding tert-OH is 1. The molecule has 1 heterocycles. The summed E-state index contributed by atoms with van der Waals surface area (Å²) in [5, 5.41) is 25.3. The molecule has 2 atom stereocenters. The number of aromatic nitrogens is 1. The molecule has 0 aliphatic heterocycles. The maximum Gasteiger partial charge on any atom is 0.358 e. The SMILES string of the molecule is O=C(O)c1cc(CNC2CCCCCC2O)on1. The number of rotatable bonds is 4. The van der Waals surface area contributed by atoms with E-state index in [0.717, 1.165) is 32.1 Å². The molecule has 2 rings (SSSR count). The minimum absolute atomic E-state index is 0.0471. The number of nitrogens with zero attached hydrogens (tertiary/aromatic N) is 1. The first-order chi connectivity index (χ1) is 8.66. The fourth-order valence-corrected chi connectivity index (χ4v) is 2.25. The third-order valence-corrected chi connectivity index (χ3v) is 3.30. The molecule has 1 aliphatic rings. The first-order valence-electron chi connectivity index (χ1n) is 6.27. The Labute approximate surface area is 105 Å². The molecule has 1 fully saturated rings. The summed E-state index contributed by atoms with van der Waals surface area (Å²) in [6.45, 7) is 0.391. The van der Waals surface area contributed by atoms with Crippen molar-refractivity contribution in [2.24, 2.45) is 0 Å². The molecule has 1 saturated carbocycles. The molecule has 1 aromatic heterocycles. The number of nitrogens with one attached hydrogen (secondary N) is 1. The summed E-state index contributed by atoms with van der Waals surface area (Å²) in [6, 6.07) is 1.45. The van der Waals surface area contributed by atoms with Crippen LogP contribution in [0.3, 0.4) is 0 Å². The van der Waals surface area contributed by atoms with E-state index < -0.39 is 5.97 Å². The number of hydrogen-bond acceptors (Lipinski definition) is 5. The normalized spacial score (nSPS) is 24.7. The standard InChI is InChI=1S/C12H18N2O4/c15-11-5-3-1-2-4-9(11)13-7-8-6-10(12(16)17)14-18-8/h6,9,11,13,15H,1-5,7H2,(H,16,17). The average molecular weight is 254 g/mol. The van der Waals surface area contributed by atoms with E-state index in [4.69, 9.17) is 9.63 Å². The highest BCUT2D eigenvalue weighted by molar-refractivity contribution is 5.85. The maximum atomic E-state index is 10.6. The summed E-state index contributed by atoms with van der Waals surface area (Å²) in [5.41, 5.74) is -0.0896. The summed E-state index contributed by atoms with van der Waals surface area (Å²) < 4.78 is 4.91. The number of aliphatic hydroxyl groups is 1. The van der Waals surface area contributed by atoms with Gasteiger partial charge in [0.25, 0.3) is 0 Å². The van der Waals surface area contributed by atoms with E-state index in [2.05, 4.69) is 10.5 Å². The van der Waals surface area contributed by atoms with Crippen LogP contribution in [0.2, 0.25) is 0 Å². The van der Waals surface area contributed by atoms with Gasteiger partial charge in [-0.1, -0.05) is 24.4 Å². The van der Waals surface area contributed by atoms with E-state index in [9.17, 15) is 9.90 Å². The molecular formula is C12H18N2O4. The lowest BCUT2D eigenvalue weighted by atomic mass is 10.1. The molecule has 1 aromatic rings. The lowest BCUT2D eigenvalue weighted by Gasteiger charge is -2.20. The van der Waals surface area contributed by atoms with E-state index in [1.54, 1.807) is 0 Å². The van der Waals surface area contributed by atoms with Crippen molar-refractivity contribution < 1.29 is 19.5 Å². The smallest absolute Gasteiger partial charge is 0.358 e. The van der Waals surface area contributed by atoms with Crippen molar-refractivity contribution in [3.63, 3.8) is 0 Å². The maximum absolute atomic E-state index is 10.6. The van der Waals surface area contributed by atoms with Gasteiger partial charge in [-0.3, -0.25) is 0 Å². The Morgan fingerprint density at radius 3 is 2.94 bits per heavy atom. The van der Waals surface area contributed by atoms with Gasteiger partial charge < -0.3 is 20.1 Å². The Bertz CT molecular complexity index is 405. The van der Waals surface area contributed by atoms with Crippen LogP contribution in [0, 0.1) is 0 Å². The van der Waals surface area contributed by atoms with Crippen LogP contribution in [0.4, 0.5) is 0 Å². The topological polar surface area (TPSA) is 95.6 Å². The summed E-state index contributed by atoms with van der Waals surface area (Å²) in [5.74, 6) is -0.622. The van der Waals surface area contributed by atoms with Crippen LogP contribution in [0.15, 0.2) is 10.6 Å². The minimum atomic E-state index is -1.10. The molecule has 6 nitrogen and oxygen atoms in total. The fourth-order valence-electron chi connectivity index (χ4n) is 2.25. The van der Waals surface area contributed by atoms with Gasteiger partial charge in [-0.15, -0.1) is 0 Å². The molecular weight excluding hydrogens is 236 g/mol. The van der Waals surface area contributed by atoms with Crippen LogP contribution in [-0.4, -0.2) is 33.5 Å². The highest BCUT2D eigenvalue weighted by Crippen LogP contribution is 2.18. The molecule has 3 N–H and O–H groups in total. The van der Waals surface area contributed by atoms with Crippen molar-refractivity contribution in [2.45, 2.75) is 50.8 Å². The van der Waals surface area contributed by atoms with E-state index >= 15 is 0 Å². The first kappa shape index (κ1) is 13.0. The van der Waals surface area contributed by atoms with Crippen LogP contribution in [0.25, 0.3) is 0 Å². The Balaban J connectivity index is 1.87. The second kappa shape index (κ2) is 5.97. The van der Waals surface area contributed by atoms with Crippen LogP contribution < -0.4 is 5.32 Å². The van der Waals surface area contributed by atoms with Crippen LogP contribution >= 0.6 is 0 Å². The van der Waals surface area contributed by atoms with Crippen molar-refractivity contribution in [3.05, 3.63) is 17.5 Å². The second-order valence-corrected chi connectivity index (χ2v) is 4.68. The Kier molecular flexibility index (Phi) is 4.33. The zero-order chi connectivity index (χ0) is 13.0. The van der Waals surface area contributed by atoms with Gasteiger partial charge in [-0.25, -0.2) is 4.79 Å². The summed E-state index contributed by atoms with van der Waals surface area (Å²) in [6.07, 6.45) is 4.72. The van der Waals surface area contributed by atoms with Gasteiger partial charge in [-0.05, 0) is 12.8 Å². The minimum Gasteiger partial charge on any atom is -0.476 e. The number of carbonyl (C=O) groups is 1. The third-order valence-electron chi connectivity index (χ3n) is 3.30. The predicted molar refractivity (Wildman–Crippen MR) is 63.2 cm³/mol. The highest BCUT2D eigenvalue weighted by atomic mass is 16.5. The number of hydrogen-bond donors (Lipinski definition) is 3. The van der Waals surface area contributed by atoms with Gasteiger partial charge >= 0.3 is 5.97 Å². The van der Waals surface area contributed by atoms with Gasteiger partial charge in [0.2, 0.25) is 0 Å². The molecule has 18 heavy (non-hydrogen) atoms. The first-order valence-corrected chi connectivity index (χ1v) is 6.27. The molecule has 6 heteroatoms. The Morgan fingerprint density at radius 2 is 2.22 bits per heavy atom. The number of carboxylic acid groups (broad SMARTS) is 1. The van der Waals surface area contributed by atoms with Crippen molar-refractivity contribution in [2.75, 3.05) is 0 Å². The van der Waals surface area contributed by atoms with Gasteiger partial charge in [0.1, 0.15) is 0 Å². The third kappa shape index (κ3) is 3.30. The largest absolute Gasteiger partial charge is 0.476 e. The predicted octanol–water partition coefficient (Wildman–Crippen LogP) is 1.16. The zero-order valence-electron chi connectivity index (χ0n) is 10.1. The molecule has 0 bridgehead atoms. The molecule has 2 unspecified atom stereocenters. The van der Waals surface area contributed by atoms with Crippen LogP contribution in [-0.2, 0) is 6.54 Å². The van der Waals surface area contributed by atoms with Gasteiger partial charge in [0.05, 0.1) is 12.6 Å². The molecule has 1 aliphatic carbocycles. The fraction of sp³-hybridized carbons (Fsp3) is 0.667. The van der Waals surface area contributed by atoms with Crippen LogP contribution in [0.5, 0.6) is 0 Å². The zero-order valence-corrected chi connectivity index (χ0v) is 10.1. The van der Waals surface area contributed by atoms with E-state index in [-0.39, 0.29) is 17.8 Å². The number of aromatic carboxylic acids is 1. The Morgan fingerprint density at radius 1 is 1.44 bits per heavy atom. The average Bonchev–Trinajstić information content (AvgIpc) is 2.72. The lowest BCUT2D eigenvalue weighted by Crippen LogP contribution is -2.38. The monoisotopic (exact) mass is 254 g/mol. The molecule has 0 spiro atoms. The quantitative estimate of drug-likeness (QED) is 0.698. The summed E-state index contributed by atoms with van der Waals surface area (Å²) in [7, 11) is 0. The van der Waals surface area contributed by atoms with Crippen molar-refractivity contribution in [1.82, 2.24) is 10.5 Å². The number of carboxylic acids is 1. The molecule has 0 aromatic carbocycles.